The van der Waals surface area contributed by atoms with Crippen molar-refractivity contribution in [2.75, 3.05) is 13.2 Å². The zero-order chi connectivity index (χ0) is 31.7. The Bertz CT molecular complexity index is 1460. The van der Waals surface area contributed by atoms with Crippen molar-refractivity contribution < 1.29 is 19.4 Å². The number of carbonyl (C=O) groups excluding carboxylic acids is 1. The molecule has 0 unspecified atom stereocenters. The highest BCUT2D eigenvalue weighted by Crippen LogP contribution is 2.37. The minimum atomic E-state index is -1.02. The highest BCUT2D eigenvalue weighted by Gasteiger charge is 2.22. The van der Waals surface area contributed by atoms with Crippen LogP contribution in [0.1, 0.15) is 99.8 Å². The monoisotopic (exact) mass is 607 g/mol. The van der Waals surface area contributed by atoms with Crippen molar-refractivity contribution in [2.24, 2.45) is 4.99 Å². The van der Waals surface area contributed by atoms with Crippen molar-refractivity contribution in [2.45, 2.75) is 77.6 Å². The molecule has 0 saturated heterocycles. The van der Waals surface area contributed by atoms with Crippen LogP contribution < -0.4 is 10.1 Å². The van der Waals surface area contributed by atoms with Crippen LogP contribution in [0.4, 0.5) is 0 Å². The molecule has 1 aliphatic rings. The highest BCUT2D eigenvalue weighted by molar-refractivity contribution is 6.16. The molecule has 4 rings (SSSR count). The molecular weight excluding hydrogens is 562 g/mol. The Hall–Kier alpha value is -4.52. The van der Waals surface area contributed by atoms with Gasteiger partial charge in [0, 0.05) is 42.6 Å². The molecule has 0 radical (unpaired) electrons. The van der Waals surface area contributed by atoms with E-state index in [0.29, 0.717) is 18.7 Å². The van der Waals surface area contributed by atoms with Crippen molar-refractivity contribution >= 4 is 34.9 Å². The van der Waals surface area contributed by atoms with Gasteiger partial charge in [0.05, 0.1) is 11.4 Å². The summed E-state index contributed by atoms with van der Waals surface area (Å²) < 4.78 is 5.30. The highest BCUT2D eigenvalue weighted by atomic mass is 16.5. The Balaban J connectivity index is 1.32. The minimum Gasteiger partial charge on any atom is -0.482 e. The smallest absolute Gasteiger partial charge is 0.341 e. The lowest BCUT2D eigenvalue weighted by Gasteiger charge is -2.09. The average Bonchev–Trinajstić information content (AvgIpc) is 3.52. The Morgan fingerprint density at radius 2 is 1.51 bits per heavy atom. The number of carbonyl (C=O) groups is 2. The lowest BCUT2D eigenvalue weighted by atomic mass is 9.95. The minimum absolute atomic E-state index is 0.0684. The number of benzene rings is 2. The molecule has 7 heteroatoms. The lowest BCUT2D eigenvalue weighted by molar-refractivity contribution is -0.139. The third-order valence-corrected chi connectivity index (χ3v) is 7.88. The second-order valence-corrected chi connectivity index (χ2v) is 11.4. The van der Waals surface area contributed by atoms with Crippen LogP contribution in [0.15, 0.2) is 84.1 Å². The second kappa shape index (κ2) is 18.3. The number of nitrogens with zero attached hydrogens (tertiary/aromatic N) is 2. The number of amides is 1. The van der Waals surface area contributed by atoms with Gasteiger partial charge in [-0.1, -0.05) is 95.0 Å². The lowest BCUT2D eigenvalue weighted by Crippen LogP contribution is -2.21. The summed E-state index contributed by atoms with van der Waals surface area (Å²) in [4.78, 5) is 32.5. The molecule has 1 aromatic heterocycles. The van der Waals surface area contributed by atoms with Gasteiger partial charge in [0.2, 0.25) is 5.91 Å². The van der Waals surface area contributed by atoms with E-state index in [9.17, 15) is 9.59 Å². The van der Waals surface area contributed by atoms with E-state index in [1.165, 1.54) is 51.4 Å². The summed E-state index contributed by atoms with van der Waals surface area (Å²) in [7, 11) is 0. The van der Waals surface area contributed by atoms with Gasteiger partial charge < -0.3 is 15.2 Å². The quantitative estimate of drug-likeness (QED) is 0.105. The largest absolute Gasteiger partial charge is 0.482 e. The standard InChI is InChI=1S/C38H45N3O4/c1-2-3-4-5-6-7-8-9-10-11-25-40-36(42)23-16-29-14-17-30(18-15-29)34-26-35(32-13-12-24-39-27-32)41-38(34)31-19-21-33(22-20-31)45-28-37(43)44/h12-24,27H,2-11,25-26,28H2,1H3,(H,40,42)(H,43,44)/b23-16+. The predicted molar refractivity (Wildman–Crippen MR) is 182 cm³/mol. The van der Waals surface area contributed by atoms with Gasteiger partial charge in [0.25, 0.3) is 0 Å². The van der Waals surface area contributed by atoms with Crippen LogP contribution in [0.5, 0.6) is 5.75 Å². The van der Waals surface area contributed by atoms with Gasteiger partial charge >= 0.3 is 5.97 Å². The number of hydrogen-bond acceptors (Lipinski definition) is 5. The molecule has 3 aromatic rings. The van der Waals surface area contributed by atoms with Crippen LogP contribution in [0, 0.1) is 0 Å². The molecule has 2 heterocycles. The average molecular weight is 608 g/mol. The maximum absolute atomic E-state index is 12.4. The first-order chi connectivity index (χ1) is 22.0. The van der Waals surface area contributed by atoms with Gasteiger partial charge in [0.15, 0.2) is 6.61 Å². The number of allylic oxidation sites excluding steroid dienone is 1. The SMILES string of the molecule is CCCCCCCCCCCCNC(=O)/C=C/c1ccc(C2=C(c3ccc(OCC(=O)O)cc3)N=C(c3cccnc3)C2)cc1. The van der Waals surface area contributed by atoms with Gasteiger partial charge in [-0.05, 0) is 59.5 Å². The Morgan fingerprint density at radius 1 is 0.844 bits per heavy atom. The first-order valence-corrected chi connectivity index (χ1v) is 16.3. The molecule has 0 bridgehead atoms. The van der Waals surface area contributed by atoms with Gasteiger partial charge in [-0.25, -0.2) is 4.79 Å². The number of aliphatic imine (C=N–C) groups is 1. The van der Waals surface area contributed by atoms with E-state index in [2.05, 4.69) is 29.4 Å². The van der Waals surface area contributed by atoms with Crippen molar-refractivity contribution in [3.63, 3.8) is 0 Å². The summed E-state index contributed by atoms with van der Waals surface area (Å²) in [6.45, 7) is 2.57. The number of pyridine rings is 1. The summed E-state index contributed by atoms with van der Waals surface area (Å²) in [5, 5.41) is 11.9. The molecule has 2 aromatic carbocycles. The van der Waals surface area contributed by atoms with Crippen molar-refractivity contribution in [1.29, 1.82) is 0 Å². The fraction of sp³-hybridized carbons (Fsp3) is 0.368. The third-order valence-electron chi connectivity index (χ3n) is 7.88. The predicted octanol–water partition coefficient (Wildman–Crippen LogP) is 8.36. The van der Waals surface area contributed by atoms with Gasteiger partial charge in [-0.2, -0.15) is 0 Å². The molecule has 1 aliphatic heterocycles. The molecular formula is C38H45N3O4. The molecule has 45 heavy (non-hydrogen) atoms. The van der Waals surface area contributed by atoms with Gasteiger partial charge in [-0.15, -0.1) is 0 Å². The van der Waals surface area contributed by atoms with Crippen molar-refractivity contribution in [1.82, 2.24) is 10.3 Å². The van der Waals surface area contributed by atoms with Gasteiger partial charge in [-0.3, -0.25) is 14.8 Å². The molecule has 2 N–H and O–H groups in total. The second-order valence-electron chi connectivity index (χ2n) is 11.4. The molecule has 0 atom stereocenters. The van der Waals surface area contributed by atoms with Crippen molar-refractivity contribution in [3.8, 4) is 5.75 Å². The molecule has 0 fully saturated rings. The number of rotatable bonds is 19. The zero-order valence-electron chi connectivity index (χ0n) is 26.3. The van der Waals surface area contributed by atoms with E-state index in [0.717, 1.165) is 52.1 Å². The zero-order valence-corrected chi connectivity index (χ0v) is 26.3. The van der Waals surface area contributed by atoms with Crippen LogP contribution in [0.3, 0.4) is 0 Å². The number of unbranched alkanes of at least 4 members (excludes halogenated alkanes) is 9. The summed E-state index contributed by atoms with van der Waals surface area (Å²) in [6.07, 6.45) is 20.4. The van der Waals surface area contributed by atoms with E-state index >= 15 is 0 Å². The Labute approximate surface area is 267 Å². The van der Waals surface area contributed by atoms with E-state index < -0.39 is 12.6 Å². The van der Waals surface area contributed by atoms with E-state index in [1.54, 1.807) is 24.4 Å². The molecule has 236 valence electrons. The number of hydrogen-bond donors (Lipinski definition) is 2. The first kappa shape index (κ1) is 33.4. The fourth-order valence-electron chi connectivity index (χ4n) is 5.38. The van der Waals surface area contributed by atoms with Crippen LogP contribution in [-0.4, -0.2) is 40.8 Å². The summed E-state index contributed by atoms with van der Waals surface area (Å²) in [5.74, 6) is -0.601. The number of carboxylic acid groups (broad SMARTS) is 1. The van der Waals surface area contributed by atoms with E-state index in [1.807, 2.05) is 48.7 Å². The summed E-state index contributed by atoms with van der Waals surface area (Å²) >= 11 is 0. The van der Waals surface area contributed by atoms with E-state index in [-0.39, 0.29) is 5.91 Å². The number of nitrogens with one attached hydrogen (secondary N) is 1. The van der Waals surface area contributed by atoms with Crippen LogP contribution >= 0.6 is 0 Å². The first-order valence-electron chi connectivity index (χ1n) is 16.3. The summed E-state index contributed by atoms with van der Waals surface area (Å²) in [5.41, 5.74) is 6.74. The maximum Gasteiger partial charge on any atom is 0.341 e. The summed E-state index contributed by atoms with van der Waals surface area (Å²) in [6, 6.07) is 19.4. The number of carboxylic acids is 1. The normalized spacial score (nSPS) is 12.9. The molecule has 0 saturated carbocycles. The molecule has 0 aliphatic carbocycles. The van der Waals surface area contributed by atoms with Crippen LogP contribution in [0.2, 0.25) is 0 Å². The van der Waals surface area contributed by atoms with Crippen LogP contribution in [0.25, 0.3) is 17.3 Å². The number of aliphatic carboxylic acids is 1. The maximum atomic E-state index is 12.4. The van der Waals surface area contributed by atoms with Crippen LogP contribution in [-0.2, 0) is 9.59 Å². The Morgan fingerprint density at radius 3 is 2.16 bits per heavy atom. The molecule has 1 amide bonds. The number of ether oxygens (including phenoxy) is 1. The van der Waals surface area contributed by atoms with E-state index in [4.69, 9.17) is 14.8 Å². The fourth-order valence-corrected chi connectivity index (χ4v) is 5.38. The third kappa shape index (κ3) is 11.2. The topological polar surface area (TPSA) is 101 Å². The van der Waals surface area contributed by atoms with Gasteiger partial charge in [0.1, 0.15) is 5.75 Å². The molecule has 7 nitrogen and oxygen atoms in total. The number of aromatic nitrogens is 1. The molecule has 0 spiro atoms. The Kier molecular flexibility index (Phi) is 13.6. The van der Waals surface area contributed by atoms with Crippen molar-refractivity contribution in [3.05, 3.63) is 101 Å².